The van der Waals surface area contributed by atoms with E-state index in [1.807, 2.05) is 12.1 Å². The smallest absolute Gasteiger partial charge is 0.251 e. The number of pyridine rings is 1. The Kier molecular flexibility index (Phi) is 8.13. The number of nitrogens with zero attached hydrogens (tertiary/aromatic N) is 4. The first-order chi connectivity index (χ1) is 15.7. The van der Waals surface area contributed by atoms with Crippen molar-refractivity contribution in [3.8, 4) is 0 Å². The summed E-state index contributed by atoms with van der Waals surface area (Å²) >= 11 is 0. The monoisotopic (exact) mass is 435 g/mol. The summed E-state index contributed by atoms with van der Waals surface area (Å²) in [5.41, 5.74) is 2.15. The number of anilines is 1. The van der Waals surface area contributed by atoms with Crippen molar-refractivity contribution in [1.29, 1.82) is 0 Å². The number of nitrogens with one attached hydrogen (secondary N) is 1. The lowest BCUT2D eigenvalue weighted by Crippen LogP contribution is -2.44. The zero-order valence-corrected chi connectivity index (χ0v) is 19.4. The van der Waals surface area contributed by atoms with E-state index in [2.05, 4.69) is 62.4 Å². The molecule has 172 valence electrons. The number of rotatable bonds is 8. The van der Waals surface area contributed by atoms with Crippen molar-refractivity contribution in [3.63, 3.8) is 0 Å². The zero-order valence-electron chi connectivity index (χ0n) is 19.4. The van der Waals surface area contributed by atoms with Crippen molar-refractivity contribution in [1.82, 2.24) is 20.1 Å². The van der Waals surface area contributed by atoms with E-state index in [4.69, 9.17) is 0 Å². The maximum Gasteiger partial charge on any atom is 0.251 e. The van der Waals surface area contributed by atoms with E-state index in [1.54, 1.807) is 6.20 Å². The average Bonchev–Trinajstić information content (AvgIpc) is 2.85. The van der Waals surface area contributed by atoms with Gasteiger partial charge < -0.3 is 20.0 Å². The topological polar surface area (TPSA) is 51.7 Å². The van der Waals surface area contributed by atoms with Gasteiger partial charge in [-0.15, -0.1) is 0 Å². The molecular weight excluding hydrogens is 398 g/mol. The number of aromatic nitrogens is 1. The van der Waals surface area contributed by atoms with Gasteiger partial charge in [0.15, 0.2) is 0 Å². The van der Waals surface area contributed by atoms with Gasteiger partial charge in [0.1, 0.15) is 5.82 Å². The molecule has 0 atom stereocenters. The Labute approximate surface area is 192 Å². The fourth-order valence-electron chi connectivity index (χ4n) is 4.71. The number of likely N-dealkylation sites (tertiary alicyclic amines) is 1. The Morgan fingerprint density at radius 3 is 2.53 bits per heavy atom. The maximum atomic E-state index is 12.7. The van der Waals surface area contributed by atoms with Crippen molar-refractivity contribution < 1.29 is 4.79 Å². The van der Waals surface area contributed by atoms with Crippen molar-refractivity contribution >= 4 is 11.7 Å². The molecule has 1 aromatic heterocycles. The third-order valence-corrected chi connectivity index (χ3v) is 6.94. The first-order valence-corrected chi connectivity index (χ1v) is 12.1. The molecule has 0 saturated carbocycles. The van der Waals surface area contributed by atoms with Gasteiger partial charge in [-0.3, -0.25) is 4.79 Å². The molecule has 2 aliphatic heterocycles. The van der Waals surface area contributed by atoms with Gasteiger partial charge in [-0.1, -0.05) is 30.3 Å². The predicted molar refractivity (Wildman–Crippen MR) is 130 cm³/mol. The van der Waals surface area contributed by atoms with Crippen LogP contribution in [0.15, 0.2) is 48.7 Å². The van der Waals surface area contributed by atoms with Gasteiger partial charge in [-0.05, 0) is 69.4 Å². The minimum Gasteiger partial charge on any atom is -0.354 e. The number of hydrogen-bond acceptors (Lipinski definition) is 5. The van der Waals surface area contributed by atoms with Crippen LogP contribution in [0.1, 0.15) is 35.2 Å². The fraction of sp³-hybridized carbons (Fsp3) is 0.538. The summed E-state index contributed by atoms with van der Waals surface area (Å²) < 4.78 is 0. The van der Waals surface area contributed by atoms with Gasteiger partial charge in [0.05, 0.1) is 0 Å². The molecular formula is C26H37N5O. The third kappa shape index (κ3) is 6.53. The number of aryl methyl sites for hydroxylation is 1. The lowest BCUT2D eigenvalue weighted by Gasteiger charge is -2.33. The average molecular weight is 436 g/mol. The third-order valence-electron chi connectivity index (χ3n) is 6.94. The van der Waals surface area contributed by atoms with E-state index < -0.39 is 0 Å². The van der Waals surface area contributed by atoms with Gasteiger partial charge in [-0.25, -0.2) is 4.98 Å². The van der Waals surface area contributed by atoms with Crippen molar-refractivity contribution in [2.45, 2.75) is 25.7 Å². The minimum absolute atomic E-state index is 0.000486. The molecule has 3 heterocycles. The summed E-state index contributed by atoms with van der Waals surface area (Å²) in [5, 5.41) is 3.11. The molecule has 2 fully saturated rings. The number of amides is 1. The highest BCUT2D eigenvalue weighted by molar-refractivity contribution is 5.94. The highest BCUT2D eigenvalue weighted by Gasteiger charge is 2.20. The molecule has 2 aliphatic rings. The molecule has 0 spiro atoms. The lowest BCUT2D eigenvalue weighted by atomic mass is 9.90. The van der Waals surface area contributed by atoms with E-state index in [0.717, 1.165) is 57.5 Å². The second-order valence-corrected chi connectivity index (χ2v) is 9.26. The number of hydrogen-bond donors (Lipinski definition) is 1. The molecule has 0 bridgehead atoms. The van der Waals surface area contributed by atoms with Crippen LogP contribution in [0.2, 0.25) is 0 Å². The zero-order chi connectivity index (χ0) is 22.2. The van der Waals surface area contributed by atoms with Crippen LogP contribution >= 0.6 is 0 Å². The number of benzene rings is 1. The fourth-order valence-corrected chi connectivity index (χ4v) is 4.71. The molecule has 6 nitrogen and oxygen atoms in total. The number of carbonyl (C=O) groups excluding carboxylic acids is 1. The molecule has 0 aliphatic carbocycles. The Balaban J connectivity index is 1.15. The minimum atomic E-state index is 0.000486. The number of piperidine rings is 1. The van der Waals surface area contributed by atoms with Gasteiger partial charge >= 0.3 is 0 Å². The van der Waals surface area contributed by atoms with E-state index >= 15 is 0 Å². The van der Waals surface area contributed by atoms with Crippen LogP contribution in [0, 0.1) is 5.92 Å². The SMILES string of the molecule is CN1CCN(c2cc(C(=O)NCCN3CCC(CCc4ccccc4)CC3)ccn2)CC1. The number of likely N-dealkylation sites (N-methyl/N-ethyl adjacent to an activating group) is 1. The van der Waals surface area contributed by atoms with Crippen LogP contribution in [0.3, 0.4) is 0 Å². The van der Waals surface area contributed by atoms with Crippen LogP contribution in [0.4, 0.5) is 5.82 Å². The van der Waals surface area contributed by atoms with Crippen molar-refractivity contribution in [3.05, 3.63) is 59.8 Å². The Morgan fingerprint density at radius 1 is 1.03 bits per heavy atom. The van der Waals surface area contributed by atoms with E-state index in [1.165, 1.54) is 31.2 Å². The summed E-state index contributed by atoms with van der Waals surface area (Å²) in [6.45, 7) is 7.86. The van der Waals surface area contributed by atoms with E-state index in [9.17, 15) is 4.79 Å². The normalized spacial score (nSPS) is 18.6. The molecule has 1 aromatic carbocycles. The highest BCUT2D eigenvalue weighted by Crippen LogP contribution is 2.22. The summed E-state index contributed by atoms with van der Waals surface area (Å²) in [6, 6.07) is 14.5. The van der Waals surface area contributed by atoms with Crippen LogP contribution in [-0.4, -0.2) is 80.1 Å². The quantitative estimate of drug-likeness (QED) is 0.691. The molecule has 2 saturated heterocycles. The van der Waals surface area contributed by atoms with Gasteiger partial charge in [0, 0.05) is 51.0 Å². The van der Waals surface area contributed by atoms with E-state index in [-0.39, 0.29) is 5.91 Å². The summed E-state index contributed by atoms with van der Waals surface area (Å²) in [5.74, 6) is 1.73. The summed E-state index contributed by atoms with van der Waals surface area (Å²) in [6.07, 6.45) is 6.75. The molecule has 6 heteroatoms. The van der Waals surface area contributed by atoms with Crippen molar-refractivity contribution in [2.75, 3.05) is 64.3 Å². The first kappa shape index (κ1) is 22.7. The van der Waals surface area contributed by atoms with Crippen LogP contribution in [-0.2, 0) is 6.42 Å². The maximum absolute atomic E-state index is 12.7. The largest absolute Gasteiger partial charge is 0.354 e. The molecule has 1 amide bonds. The predicted octanol–water partition coefficient (Wildman–Crippen LogP) is 2.91. The number of carbonyl (C=O) groups is 1. The van der Waals surface area contributed by atoms with Crippen LogP contribution < -0.4 is 10.2 Å². The van der Waals surface area contributed by atoms with Crippen LogP contribution in [0.5, 0.6) is 0 Å². The number of piperazine rings is 1. The molecule has 32 heavy (non-hydrogen) atoms. The second-order valence-electron chi connectivity index (χ2n) is 9.26. The summed E-state index contributed by atoms with van der Waals surface area (Å²) in [7, 11) is 2.14. The molecule has 4 rings (SSSR count). The van der Waals surface area contributed by atoms with Gasteiger partial charge in [0.2, 0.25) is 0 Å². The first-order valence-electron chi connectivity index (χ1n) is 12.1. The van der Waals surface area contributed by atoms with Crippen molar-refractivity contribution in [2.24, 2.45) is 5.92 Å². The second kappa shape index (κ2) is 11.4. The standard InChI is InChI=1S/C26H37N5O/c1-29-17-19-31(20-18-29)25-21-24(9-12-27-25)26(32)28-13-16-30-14-10-23(11-15-30)8-7-22-5-3-2-4-6-22/h2-6,9,12,21,23H,7-8,10-11,13-20H2,1H3,(H,28,32). The Hall–Kier alpha value is -2.44. The van der Waals surface area contributed by atoms with Gasteiger partial charge in [-0.2, -0.15) is 0 Å². The molecule has 0 radical (unpaired) electrons. The Bertz CT molecular complexity index is 842. The van der Waals surface area contributed by atoms with Gasteiger partial charge in [0.25, 0.3) is 5.91 Å². The molecule has 2 aromatic rings. The van der Waals surface area contributed by atoms with E-state index in [0.29, 0.717) is 12.1 Å². The Morgan fingerprint density at radius 2 is 1.78 bits per heavy atom. The highest BCUT2D eigenvalue weighted by atomic mass is 16.1. The molecule has 1 N–H and O–H groups in total. The van der Waals surface area contributed by atoms with Crippen LogP contribution in [0.25, 0.3) is 0 Å². The lowest BCUT2D eigenvalue weighted by molar-refractivity contribution is 0.0943. The summed E-state index contributed by atoms with van der Waals surface area (Å²) in [4.78, 5) is 24.2. The molecule has 0 unspecified atom stereocenters.